The van der Waals surface area contributed by atoms with Crippen LogP contribution in [-0.2, 0) is 11.2 Å². The quantitative estimate of drug-likeness (QED) is 0.310. The van der Waals surface area contributed by atoms with Crippen LogP contribution in [0.5, 0.6) is 0 Å². The summed E-state index contributed by atoms with van der Waals surface area (Å²) in [5, 5.41) is 16.6. The fourth-order valence-corrected chi connectivity index (χ4v) is 3.45. The molecule has 0 spiro atoms. The van der Waals surface area contributed by atoms with Crippen LogP contribution >= 0.6 is 0 Å². The van der Waals surface area contributed by atoms with E-state index in [4.69, 9.17) is 16.2 Å². The fraction of sp³-hybridized carbons (Fsp3) is 0.125. The predicted molar refractivity (Wildman–Crippen MR) is 123 cm³/mol. The first-order valence-electron chi connectivity index (χ1n) is 9.48. The number of fused-ring (bicyclic) bond motifs is 1. The number of carbonyl (C=O) groups is 3. The summed E-state index contributed by atoms with van der Waals surface area (Å²) in [6.45, 7) is -0.103. The molecule has 162 valence electrons. The third kappa shape index (κ3) is 4.39. The molecule has 0 aromatic heterocycles. The molecule has 0 bridgehead atoms. The summed E-state index contributed by atoms with van der Waals surface area (Å²) in [5.74, 6) is -1.04. The predicted octanol–water partition coefficient (Wildman–Crippen LogP) is 1.83. The molecule has 8 nitrogen and oxygen atoms in total. The summed E-state index contributed by atoms with van der Waals surface area (Å²) < 4.78 is 0. The number of rotatable bonds is 6. The Hall–Kier alpha value is -4.33. The summed E-state index contributed by atoms with van der Waals surface area (Å²) in [7, 11) is 0. The highest BCUT2D eigenvalue weighted by atomic mass is 16.4. The molecule has 32 heavy (non-hydrogen) atoms. The molecular weight excluding hydrogens is 408 g/mol. The molecule has 0 atom stereocenters. The third-order valence-corrected chi connectivity index (χ3v) is 5.12. The Morgan fingerprint density at radius 1 is 1.00 bits per heavy atom. The highest BCUT2D eigenvalue weighted by Crippen LogP contribution is 2.22. The molecule has 0 fully saturated rings. The van der Waals surface area contributed by atoms with Gasteiger partial charge in [-0.3, -0.25) is 20.8 Å². The second kappa shape index (κ2) is 8.81. The zero-order valence-corrected chi connectivity index (χ0v) is 16.4. The van der Waals surface area contributed by atoms with Crippen LogP contribution in [-0.4, -0.2) is 41.0 Å². The average molecular weight is 431 g/mol. The standard InChI is InChI=1S/C23H18N4O4.CH4/c24-21(25)17-4-3-15-9-13(1-2-16(15)11-17)10-20(28)14-5-7-18(8-6-14)27-12-19(22(29)30)26-23(27)31;/h1-9,11H,10,12H2,(H3,24,25)(H,29,30);1H4/p+1. The van der Waals surface area contributed by atoms with Gasteiger partial charge in [0, 0.05) is 17.7 Å². The zero-order valence-electron chi connectivity index (χ0n) is 16.4. The van der Waals surface area contributed by atoms with E-state index in [1.165, 1.54) is 4.90 Å². The van der Waals surface area contributed by atoms with E-state index in [0.29, 0.717) is 11.3 Å². The van der Waals surface area contributed by atoms with Crippen molar-refractivity contribution in [2.24, 2.45) is 10.7 Å². The third-order valence-electron chi connectivity index (χ3n) is 5.12. The summed E-state index contributed by atoms with van der Waals surface area (Å²) in [5.41, 5.74) is 8.04. The molecule has 5 N–H and O–H groups in total. The van der Waals surface area contributed by atoms with Crippen LogP contribution in [0.2, 0.25) is 0 Å². The molecular formula is C24H23N4O4+. The summed E-state index contributed by atoms with van der Waals surface area (Å²) >= 11 is 0. The van der Waals surface area contributed by atoms with Crippen LogP contribution in [0.15, 0.2) is 65.7 Å². The Labute approximate surface area is 184 Å². The molecule has 4 rings (SSSR count). The maximum atomic E-state index is 12.7. The van der Waals surface area contributed by atoms with Gasteiger partial charge < -0.3 is 5.11 Å². The number of nitrogens with two attached hydrogens (primary N) is 2. The molecule has 0 radical (unpaired) electrons. The van der Waals surface area contributed by atoms with E-state index in [9.17, 15) is 14.4 Å². The maximum Gasteiger partial charge on any atom is 0.352 e. The Morgan fingerprint density at radius 3 is 2.25 bits per heavy atom. The van der Waals surface area contributed by atoms with Crippen LogP contribution in [0.3, 0.4) is 0 Å². The van der Waals surface area contributed by atoms with Gasteiger partial charge in [0.25, 0.3) is 5.84 Å². The number of hydrogen-bond acceptors (Lipinski definition) is 3. The second-order valence-electron chi connectivity index (χ2n) is 7.23. The number of benzene rings is 3. The Balaban J connectivity index is 0.00000289. The zero-order chi connectivity index (χ0) is 22.1. The van der Waals surface area contributed by atoms with Gasteiger partial charge in [0.1, 0.15) is 0 Å². The number of carboxylic acid groups (broad SMARTS) is 1. The van der Waals surface area contributed by atoms with E-state index >= 15 is 0 Å². The van der Waals surface area contributed by atoms with Crippen molar-refractivity contribution in [2.45, 2.75) is 13.8 Å². The van der Waals surface area contributed by atoms with E-state index in [1.54, 1.807) is 24.3 Å². The SMILES string of the molecule is C.NC(=[NH2+])c1ccc2cc(CC(=O)c3ccc(N4CC(C(=O)O)=NC4=O)cc3)ccc2c1. The number of aliphatic imine (C=N–C) groups is 1. The van der Waals surface area contributed by atoms with Crippen molar-refractivity contribution in [1.82, 2.24) is 0 Å². The number of urea groups is 1. The number of carbonyl (C=O) groups excluding carboxylic acids is 2. The van der Waals surface area contributed by atoms with Crippen molar-refractivity contribution in [3.8, 4) is 0 Å². The first-order valence-corrected chi connectivity index (χ1v) is 9.48. The molecule has 0 aliphatic carbocycles. The molecule has 1 aliphatic heterocycles. The van der Waals surface area contributed by atoms with E-state index in [2.05, 4.69) is 4.99 Å². The van der Waals surface area contributed by atoms with Crippen molar-refractivity contribution in [3.05, 3.63) is 77.4 Å². The van der Waals surface area contributed by atoms with E-state index in [1.807, 2.05) is 36.4 Å². The van der Waals surface area contributed by atoms with Crippen LogP contribution in [0.1, 0.15) is 28.9 Å². The van der Waals surface area contributed by atoms with Crippen LogP contribution in [0.25, 0.3) is 10.8 Å². The van der Waals surface area contributed by atoms with Gasteiger partial charge in [-0.2, -0.15) is 4.99 Å². The highest BCUT2D eigenvalue weighted by molar-refractivity contribution is 6.41. The number of carboxylic acids is 1. The summed E-state index contributed by atoms with van der Waals surface area (Å²) in [6, 6.07) is 17.2. The van der Waals surface area contributed by atoms with Crippen molar-refractivity contribution in [1.29, 1.82) is 0 Å². The first-order chi connectivity index (χ1) is 14.8. The van der Waals surface area contributed by atoms with E-state index in [-0.39, 0.29) is 37.7 Å². The minimum atomic E-state index is -1.22. The summed E-state index contributed by atoms with van der Waals surface area (Å²) in [6.07, 6.45) is 0.219. The average Bonchev–Trinajstić information content (AvgIpc) is 3.15. The van der Waals surface area contributed by atoms with Crippen molar-refractivity contribution in [2.75, 3.05) is 11.4 Å². The highest BCUT2D eigenvalue weighted by Gasteiger charge is 2.28. The molecule has 2 amide bonds. The lowest BCUT2D eigenvalue weighted by atomic mass is 9.99. The van der Waals surface area contributed by atoms with E-state index < -0.39 is 12.0 Å². The normalized spacial score (nSPS) is 12.9. The number of anilines is 1. The van der Waals surface area contributed by atoms with E-state index in [0.717, 1.165) is 21.9 Å². The number of Topliss-reactive ketones (excluding diaryl/α,β-unsaturated/α-hetero) is 1. The van der Waals surface area contributed by atoms with Gasteiger partial charge in [-0.15, -0.1) is 0 Å². The van der Waals surface area contributed by atoms with Gasteiger partial charge in [-0.05, 0) is 52.7 Å². The topological polar surface area (TPSA) is 139 Å². The number of nitrogens with zero attached hydrogens (tertiary/aromatic N) is 2. The fourth-order valence-electron chi connectivity index (χ4n) is 3.45. The summed E-state index contributed by atoms with van der Waals surface area (Å²) in [4.78, 5) is 40.4. The van der Waals surface area contributed by atoms with Crippen LogP contribution in [0, 0.1) is 0 Å². The molecule has 3 aromatic carbocycles. The van der Waals surface area contributed by atoms with Crippen molar-refractivity contribution in [3.63, 3.8) is 0 Å². The number of amides is 2. The van der Waals surface area contributed by atoms with Crippen molar-refractivity contribution >= 4 is 45.8 Å². The lowest BCUT2D eigenvalue weighted by Gasteiger charge is -2.14. The first kappa shape index (κ1) is 22.4. The molecule has 0 saturated heterocycles. The molecule has 0 unspecified atom stereocenters. The van der Waals surface area contributed by atoms with Crippen LogP contribution < -0.4 is 16.0 Å². The van der Waals surface area contributed by atoms with Gasteiger partial charge in [0.2, 0.25) is 0 Å². The number of ketones is 1. The molecule has 0 saturated carbocycles. The number of amidine groups is 1. The smallest absolute Gasteiger partial charge is 0.352 e. The van der Waals surface area contributed by atoms with Gasteiger partial charge in [0.15, 0.2) is 11.5 Å². The van der Waals surface area contributed by atoms with Gasteiger partial charge in [0.05, 0.1) is 12.1 Å². The Bertz CT molecular complexity index is 1280. The minimum absolute atomic E-state index is 0. The van der Waals surface area contributed by atoms with Gasteiger partial charge in [-0.1, -0.05) is 31.7 Å². The number of aliphatic carboxylic acids is 1. The lowest BCUT2D eigenvalue weighted by Crippen LogP contribution is -2.46. The monoisotopic (exact) mass is 431 g/mol. The van der Waals surface area contributed by atoms with Gasteiger partial charge >= 0.3 is 12.0 Å². The lowest BCUT2D eigenvalue weighted by molar-refractivity contribution is -0.129. The Kier molecular flexibility index (Phi) is 6.15. The van der Waals surface area contributed by atoms with Gasteiger partial charge in [-0.25, -0.2) is 9.59 Å². The minimum Gasteiger partial charge on any atom is -0.477 e. The van der Waals surface area contributed by atoms with Crippen molar-refractivity contribution < 1.29 is 24.9 Å². The molecule has 8 heteroatoms. The molecule has 3 aromatic rings. The number of hydrogen-bond donors (Lipinski definition) is 3. The molecule has 1 aliphatic rings. The maximum absolute atomic E-state index is 12.7. The Morgan fingerprint density at radius 2 is 1.62 bits per heavy atom. The van der Waals surface area contributed by atoms with Crippen LogP contribution in [0.4, 0.5) is 10.5 Å². The molecule has 1 heterocycles. The largest absolute Gasteiger partial charge is 0.477 e. The second-order valence-corrected chi connectivity index (χ2v) is 7.23.